The number of benzene rings is 1. The molecule has 0 amide bonds. The predicted molar refractivity (Wildman–Crippen MR) is 79.1 cm³/mol. The highest BCUT2D eigenvalue weighted by atomic mass is 15.0. The van der Waals surface area contributed by atoms with Gasteiger partial charge >= 0.3 is 0 Å². The van der Waals surface area contributed by atoms with Crippen LogP contribution in [0.3, 0.4) is 0 Å². The van der Waals surface area contributed by atoms with Gasteiger partial charge in [-0.3, -0.25) is 0 Å². The van der Waals surface area contributed by atoms with Crippen LogP contribution in [0.25, 0.3) is 0 Å². The highest BCUT2D eigenvalue weighted by molar-refractivity contribution is 5.38. The number of aryl methyl sites for hydroxylation is 2. The summed E-state index contributed by atoms with van der Waals surface area (Å²) in [6.07, 6.45) is 1.32. The zero-order valence-corrected chi connectivity index (χ0v) is 12.7. The quantitative estimate of drug-likeness (QED) is 0.849. The smallest absolute Gasteiger partial charge is 0.00966 e. The first-order valence-corrected chi connectivity index (χ1v) is 7.05. The summed E-state index contributed by atoms with van der Waals surface area (Å²) in [5.41, 5.74) is 4.96. The maximum Gasteiger partial charge on any atom is 0.00966 e. The van der Waals surface area contributed by atoms with Crippen LogP contribution < -0.4 is 5.32 Å². The average Bonchev–Trinajstić information content (AvgIpc) is 2.91. The number of nitrogens with one attached hydrogen (secondary N) is 1. The summed E-state index contributed by atoms with van der Waals surface area (Å²) < 4.78 is 0. The van der Waals surface area contributed by atoms with Crippen molar-refractivity contribution < 1.29 is 0 Å². The molecule has 1 aromatic rings. The molecule has 1 fully saturated rings. The predicted octanol–water partition coefficient (Wildman–Crippen LogP) is 3.97. The zero-order chi connectivity index (χ0) is 13.6. The summed E-state index contributed by atoms with van der Waals surface area (Å²) in [7, 11) is 0. The maximum absolute atomic E-state index is 3.63. The van der Waals surface area contributed by atoms with Gasteiger partial charge in [0.05, 0.1) is 0 Å². The van der Waals surface area contributed by atoms with Gasteiger partial charge in [0.2, 0.25) is 0 Å². The van der Waals surface area contributed by atoms with Crippen LogP contribution in [0.15, 0.2) is 18.2 Å². The Morgan fingerprint density at radius 1 is 1.22 bits per heavy atom. The molecule has 1 saturated carbocycles. The molecule has 1 aliphatic rings. The van der Waals surface area contributed by atoms with E-state index in [-0.39, 0.29) is 5.54 Å². The van der Waals surface area contributed by atoms with E-state index in [1.807, 2.05) is 0 Å². The molecule has 0 saturated heterocycles. The molecule has 0 bridgehead atoms. The van der Waals surface area contributed by atoms with Crippen molar-refractivity contribution in [1.29, 1.82) is 0 Å². The van der Waals surface area contributed by atoms with E-state index in [1.54, 1.807) is 0 Å². The Labute approximate surface area is 112 Å². The Morgan fingerprint density at radius 2 is 1.89 bits per heavy atom. The van der Waals surface area contributed by atoms with Crippen molar-refractivity contribution in [2.45, 2.75) is 58.9 Å². The van der Waals surface area contributed by atoms with Crippen LogP contribution in [0.5, 0.6) is 0 Å². The lowest BCUT2D eigenvalue weighted by molar-refractivity contribution is 0.406. The van der Waals surface area contributed by atoms with E-state index in [1.165, 1.54) is 23.1 Å². The van der Waals surface area contributed by atoms with Crippen molar-refractivity contribution in [1.82, 2.24) is 5.32 Å². The summed E-state index contributed by atoms with van der Waals surface area (Å²) in [5, 5.41) is 3.63. The van der Waals surface area contributed by atoms with Gasteiger partial charge in [0.25, 0.3) is 0 Å². The third-order valence-corrected chi connectivity index (χ3v) is 4.46. The van der Waals surface area contributed by atoms with Gasteiger partial charge in [-0.25, -0.2) is 0 Å². The lowest BCUT2D eigenvalue weighted by Gasteiger charge is -2.22. The molecule has 0 aliphatic heterocycles. The minimum Gasteiger partial charge on any atom is -0.312 e. The summed E-state index contributed by atoms with van der Waals surface area (Å²) >= 11 is 0. The van der Waals surface area contributed by atoms with Crippen molar-refractivity contribution in [2.24, 2.45) is 5.92 Å². The van der Waals surface area contributed by atoms with Crippen LogP contribution in [-0.4, -0.2) is 12.1 Å². The normalized spacial score (nSPS) is 27.3. The molecule has 0 spiro atoms. The van der Waals surface area contributed by atoms with Gasteiger partial charge < -0.3 is 5.32 Å². The molecule has 2 atom stereocenters. The Bertz CT molecular complexity index is 441. The lowest BCUT2D eigenvalue weighted by Crippen LogP contribution is -2.37. The first-order chi connectivity index (χ1) is 8.22. The monoisotopic (exact) mass is 245 g/mol. The zero-order valence-electron chi connectivity index (χ0n) is 12.7. The van der Waals surface area contributed by atoms with Crippen molar-refractivity contribution in [3.63, 3.8) is 0 Å². The van der Waals surface area contributed by atoms with Crippen molar-refractivity contribution in [3.8, 4) is 0 Å². The third kappa shape index (κ3) is 2.77. The second kappa shape index (κ2) is 4.38. The molecule has 1 nitrogen and oxygen atoms in total. The molecule has 1 N–H and O–H groups in total. The summed E-state index contributed by atoms with van der Waals surface area (Å²) in [4.78, 5) is 0. The lowest BCUT2D eigenvalue weighted by atomic mass is 9.92. The average molecular weight is 245 g/mol. The van der Waals surface area contributed by atoms with E-state index in [4.69, 9.17) is 0 Å². The van der Waals surface area contributed by atoms with Crippen molar-refractivity contribution in [2.75, 3.05) is 6.54 Å². The van der Waals surface area contributed by atoms with Crippen molar-refractivity contribution in [3.05, 3.63) is 34.9 Å². The van der Waals surface area contributed by atoms with Gasteiger partial charge in [0.15, 0.2) is 0 Å². The highest BCUT2D eigenvalue weighted by Crippen LogP contribution is 2.53. The largest absolute Gasteiger partial charge is 0.312 e. The second-order valence-electron chi connectivity index (χ2n) is 7.25. The van der Waals surface area contributed by atoms with Gasteiger partial charge in [-0.1, -0.05) is 25.1 Å². The number of hydrogen-bond acceptors (Lipinski definition) is 1. The van der Waals surface area contributed by atoms with Gasteiger partial charge in [-0.05, 0) is 75.6 Å². The van der Waals surface area contributed by atoms with E-state index in [9.17, 15) is 0 Å². The molecule has 100 valence electrons. The summed E-state index contributed by atoms with van der Waals surface area (Å²) in [6, 6.07) is 6.97. The molecule has 1 aliphatic carbocycles. The first-order valence-electron chi connectivity index (χ1n) is 7.05. The Balaban J connectivity index is 2.04. The van der Waals surface area contributed by atoms with Crippen molar-refractivity contribution >= 4 is 0 Å². The van der Waals surface area contributed by atoms with E-state index >= 15 is 0 Å². The van der Waals surface area contributed by atoms with Gasteiger partial charge in [-0.15, -0.1) is 0 Å². The fraction of sp³-hybridized carbons (Fsp3) is 0.647. The summed E-state index contributed by atoms with van der Waals surface area (Å²) in [5.74, 6) is 0.791. The fourth-order valence-electron chi connectivity index (χ4n) is 2.63. The van der Waals surface area contributed by atoms with Gasteiger partial charge in [-0.2, -0.15) is 0 Å². The SMILES string of the molecule is Cc1ccc(C2(C)CC2CNC(C)(C)C)cc1C. The van der Waals surface area contributed by atoms with E-state index in [0.717, 1.165) is 12.5 Å². The molecule has 0 radical (unpaired) electrons. The Morgan fingerprint density at radius 3 is 2.44 bits per heavy atom. The number of rotatable bonds is 3. The molecule has 1 aromatic carbocycles. The molecule has 1 heteroatoms. The Kier molecular flexibility index (Phi) is 3.31. The molecule has 2 unspecified atom stereocenters. The molecule has 0 aromatic heterocycles. The van der Waals surface area contributed by atoms with Crippen LogP contribution in [0.1, 0.15) is 50.8 Å². The molecule has 2 rings (SSSR count). The highest BCUT2D eigenvalue weighted by Gasteiger charge is 2.50. The first kappa shape index (κ1) is 13.6. The van der Waals surface area contributed by atoms with Crippen LogP contribution in [0.4, 0.5) is 0 Å². The molecular weight excluding hydrogens is 218 g/mol. The minimum atomic E-state index is 0.229. The van der Waals surface area contributed by atoms with Gasteiger partial charge in [0, 0.05) is 5.54 Å². The van der Waals surface area contributed by atoms with Crippen LogP contribution >= 0.6 is 0 Å². The minimum absolute atomic E-state index is 0.229. The molecule has 18 heavy (non-hydrogen) atoms. The van der Waals surface area contributed by atoms with Crippen LogP contribution in [-0.2, 0) is 5.41 Å². The number of hydrogen-bond donors (Lipinski definition) is 1. The maximum atomic E-state index is 3.63. The topological polar surface area (TPSA) is 12.0 Å². The van der Waals surface area contributed by atoms with Gasteiger partial charge in [0.1, 0.15) is 0 Å². The molecular formula is C17H27N. The van der Waals surface area contributed by atoms with E-state index in [0.29, 0.717) is 5.41 Å². The van der Waals surface area contributed by atoms with Crippen LogP contribution in [0, 0.1) is 19.8 Å². The Hall–Kier alpha value is -0.820. The van der Waals surface area contributed by atoms with E-state index in [2.05, 4.69) is 65.1 Å². The standard InChI is InChI=1S/C17H27N/c1-12-7-8-14(9-13(12)2)17(6)10-15(17)11-18-16(3,4)5/h7-9,15,18H,10-11H2,1-6H3. The fourth-order valence-corrected chi connectivity index (χ4v) is 2.63. The van der Waals surface area contributed by atoms with Crippen LogP contribution in [0.2, 0.25) is 0 Å². The molecule has 0 heterocycles. The summed E-state index contributed by atoms with van der Waals surface area (Å²) in [6.45, 7) is 14.7. The van der Waals surface area contributed by atoms with E-state index < -0.39 is 0 Å². The third-order valence-electron chi connectivity index (χ3n) is 4.46. The second-order valence-corrected chi connectivity index (χ2v) is 7.25.